The lowest BCUT2D eigenvalue weighted by atomic mass is 10.1. The van der Waals surface area contributed by atoms with Gasteiger partial charge in [0.15, 0.2) is 17.3 Å². The molecule has 0 aliphatic carbocycles. The first kappa shape index (κ1) is 14.3. The van der Waals surface area contributed by atoms with Crippen LogP contribution in [0.2, 0.25) is 5.02 Å². The lowest BCUT2D eigenvalue weighted by Crippen LogP contribution is -1.98. The van der Waals surface area contributed by atoms with Gasteiger partial charge in [-0.2, -0.15) is 0 Å². The summed E-state index contributed by atoms with van der Waals surface area (Å²) in [6.45, 7) is 0. The number of rotatable bonds is 2. The van der Waals surface area contributed by atoms with Crippen LogP contribution in [0, 0.1) is 5.82 Å². The van der Waals surface area contributed by atoms with E-state index in [1.807, 2.05) is 0 Å². The molecule has 3 aromatic rings. The van der Waals surface area contributed by atoms with E-state index < -0.39 is 5.82 Å². The number of anilines is 1. The number of hydrogen-bond donors (Lipinski definition) is 2. The van der Waals surface area contributed by atoms with E-state index in [1.54, 1.807) is 6.07 Å². The van der Waals surface area contributed by atoms with Gasteiger partial charge in [0.05, 0.1) is 17.6 Å². The highest BCUT2D eigenvalue weighted by Gasteiger charge is 2.12. The summed E-state index contributed by atoms with van der Waals surface area (Å²) >= 11 is 5.78. The molecule has 3 rings (SSSR count). The lowest BCUT2D eigenvalue weighted by Gasteiger charge is -2.09. The Bertz CT molecular complexity index is 886. The molecule has 0 spiro atoms. The van der Waals surface area contributed by atoms with Crippen molar-refractivity contribution in [2.75, 3.05) is 12.8 Å². The molecule has 0 saturated heterocycles. The first-order valence-electron chi connectivity index (χ1n) is 6.29. The molecule has 0 atom stereocenters. The van der Waals surface area contributed by atoms with Crippen LogP contribution in [0.5, 0.6) is 11.5 Å². The number of aromatic nitrogens is 2. The third-order valence-corrected chi connectivity index (χ3v) is 3.49. The van der Waals surface area contributed by atoms with Gasteiger partial charge in [-0.15, -0.1) is 0 Å². The van der Waals surface area contributed by atoms with Crippen LogP contribution < -0.4 is 10.5 Å². The second-order valence-corrected chi connectivity index (χ2v) is 5.01. The van der Waals surface area contributed by atoms with Gasteiger partial charge in [0.25, 0.3) is 0 Å². The SMILES string of the molecule is COc1cc2nc(-c3ccc(F)c(Cl)c3)nc(N)c2cc1O. The normalized spacial score (nSPS) is 10.9. The van der Waals surface area contributed by atoms with Crippen LogP contribution in [-0.2, 0) is 0 Å². The standard InChI is InChI=1S/C15H11ClFN3O2/c1-22-13-6-11-8(5-12(13)21)14(18)20-15(19-11)7-2-3-10(17)9(16)4-7/h2-6,21H,1H3,(H2,18,19,20). The van der Waals surface area contributed by atoms with Crippen LogP contribution in [0.4, 0.5) is 10.2 Å². The van der Waals surface area contributed by atoms with Crippen molar-refractivity contribution in [3.05, 3.63) is 41.2 Å². The Morgan fingerprint density at radius 2 is 2.00 bits per heavy atom. The van der Waals surface area contributed by atoms with Crippen LogP contribution in [0.3, 0.4) is 0 Å². The summed E-state index contributed by atoms with van der Waals surface area (Å²) in [6.07, 6.45) is 0. The first-order valence-corrected chi connectivity index (χ1v) is 6.67. The third-order valence-electron chi connectivity index (χ3n) is 3.20. The number of phenolic OH excluding ortho intramolecular Hbond substituents is 1. The van der Waals surface area contributed by atoms with Crippen molar-refractivity contribution < 1.29 is 14.2 Å². The number of halogens is 2. The fraction of sp³-hybridized carbons (Fsp3) is 0.0667. The van der Waals surface area contributed by atoms with Crippen molar-refractivity contribution in [3.8, 4) is 22.9 Å². The third kappa shape index (κ3) is 2.37. The minimum absolute atomic E-state index is 0.0249. The van der Waals surface area contributed by atoms with E-state index in [2.05, 4.69) is 9.97 Å². The fourth-order valence-electron chi connectivity index (χ4n) is 2.10. The molecule has 0 fully saturated rings. The Kier molecular flexibility index (Phi) is 3.46. The molecule has 3 N–H and O–H groups in total. The van der Waals surface area contributed by atoms with Gasteiger partial charge in [0.1, 0.15) is 11.6 Å². The molecule has 0 aliphatic heterocycles. The summed E-state index contributed by atoms with van der Waals surface area (Å²) in [5.41, 5.74) is 6.94. The van der Waals surface area contributed by atoms with Crippen LogP contribution in [0.1, 0.15) is 0 Å². The zero-order valence-corrected chi connectivity index (χ0v) is 12.2. The number of phenols is 1. The molecular weight excluding hydrogens is 309 g/mol. The largest absolute Gasteiger partial charge is 0.504 e. The number of ether oxygens (including phenoxy) is 1. The molecule has 0 unspecified atom stereocenters. The monoisotopic (exact) mass is 319 g/mol. The van der Waals surface area contributed by atoms with E-state index in [9.17, 15) is 9.50 Å². The zero-order valence-electron chi connectivity index (χ0n) is 11.5. The van der Waals surface area contributed by atoms with Crippen molar-refractivity contribution in [1.82, 2.24) is 9.97 Å². The smallest absolute Gasteiger partial charge is 0.162 e. The Balaban J connectivity index is 2.23. The van der Waals surface area contributed by atoms with Crippen molar-refractivity contribution in [2.45, 2.75) is 0 Å². The maximum atomic E-state index is 13.2. The van der Waals surface area contributed by atoms with Crippen LogP contribution in [0.25, 0.3) is 22.3 Å². The molecule has 0 saturated carbocycles. The summed E-state index contributed by atoms with van der Waals surface area (Å²) in [6, 6.07) is 7.16. The molecular formula is C15H11ClFN3O2. The summed E-state index contributed by atoms with van der Waals surface area (Å²) in [4.78, 5) is 8.54. The van der Waals surface area contributed by atoms with Gasteiger partial charge in [-0.25, -0.2) is 14.4 Å². The number of fused-ring (bicyclic) bond motifs is 1. The van der Waals surface area contributed by atoms with Crippen molar-refractivity contribution in [1.29, 1.82) is 0 Å². The Hall–Kier alpha value is -2.60. The highest BCUT2D eigenvalue weighted by Crippen LogP contribution is 2.33. The average Bonchev–Trinajstić information content (AvgIpc) is 2.50. The van der Waals surface area contributed by atoms with Gasteiger partial charge < -0.3 is 15.6 Å². The topological polar surface area (TPSA) is 81.3 Å². The highest BCUT2D eigenvalue weighted by molar-refractivity contribution is 6.31. The predicted octanol–water partition coefficient (Wildman–Crippen LogP) is 3.39. The van der Waals surface area contributed by atoms with Crippen molar-refractivity contribution >= 4 is 28.3 Å². The number of methoxy groups -OCH3 is 1. The van der Waals surface area contributed by atoms with Crippen LogP contribution in [-0.4, -0.2) is 22.2 Å². The lowest BCUT2D eigenvalue weighted by molar-refractivity contribution is 0.374. The van der Waals surface area contributed by atoms with E-state index in [1.165, 1.54) is 31.4 Å². The van der Waals surface area contributed by atoms with Gasteiger partial charge in [-0.05, 0) is 24.3 Å². The second-order valence-electron chi connectivity index (χ2n) is 4.60. The van der Waals surface area contributed by atoms with Crippen LogP contribution >= 0.6 is 11.6 Å². The molecule has 1 aromatic heterocycles. The molecule has 22 heavy (non-hydrogen) atoms. The number of nitrogens with zero attached hydrogens (tertiary/aromatic N) is 2. The summed E-state index contributed by atoms with van der Waals surface area (Å²) in [5.74, 6) is 0.195. The Labute approximate surface area is 130 Å². The molecule has 112 valence electrons. The van der Waals surface area contributed by atoms with Gasteiger partial charge in [0.2, 0.25) is 0 Å². The Morgan fingerprint density at radius 3 is 2.68 bits per heavy atom. The van der Waals surface area contributed by atoms with Crippen molar-refractivity contribution in [3.63, 3.8) is 0 Å². The van der Waals surface area contributed by atoms with Gasteiger partial charge in [-0.3, -0.25) is 0 Å². The van der Waals surface area contributed by atoms with E-state index in [4.69, 9.17) is 22.1 Å². The van der Waals surface area contributed by atoms with E-state index in [0.29, 0.717) is 22.3 Å². The first-order chi connectivity index (χ1) is 10.5. The molecule has 5 nitrogen and oxygen atoms in total. The number of aromatic hydroxyl groups is 1. The quantitative estimate of drug-likeness (QED) is 0.756. The number of benzene rings is 2. The molecule has 0 amide bonds. The van der Waals surface area contributed by atoms with E-state index >= 15 is 0 Å². The maximum Gasteiger partial charge on any atom is 0.162 e. The van der Waals surface area contributed by atoms with Gasteiger partial charge >= 0.3 is 0 Å². The second kappa shape index (κ2) is 5.31. The molecule has 0 bridgehead atoms. The molecule has 1 heterocycles. The Morgan fingerprint density at radius 1 is 1.23 bits per heavy atom. The zero-order chi connectivity index (χ0) is 15.9. The number of hydrogen-bond acceptors (Lipinski definition) is 5. The van der Waals surface area contributed by atoms with E-state index in [-0.39, 0.29) is 22.3 Å². The van der Waals surface area contributed by atoms with E-state index in [0.717, 1.165) is 0 Å². The minimum Gasteiger partial charge on any atom is -0.504 e. The number of nitrogen functional groups attached to an aromatic ring is 1. The number of nitrogens with two attached hydrogens (primary N) is 1. The summed E-state index contributed by atoms with van der Waals surface area (Å²) in [7, 11) is 1.44. The van der Waals surface area contributed by atoms with Crippen molar-refractivity contribution in [2.24, 2.45) is 0 Å². The van der Waals surface area contributed by atoms with Crippen LogP contribution in [0.15, 0.2) is 30.3 Å². The summed E-state index contributed by atoms with van der Waals surface area (Å²) in [5, 5.41) is 10.3. The predicted molar refractivity (Wildman–Crippen MR) is 82.6 cm³/mol. The minimum atomic E-state index is -0.522. The molecule has 0 aliphatic rings. The molecule has 2 aromatic carbocycles. The van der Waals surface area contributed by atoms with Gasteiger partial charge in [0, 0.05) is 17.0 Å². The van der Waals surface area contributed by atoms with Gasteiger partial charge in [-0.1, -0.05) is 11.6 Å². The molecule has 0 radical (unpaired) electrons. The highest BCUT2D eigenvalue weighted by atomic mass is 35.5. The fourth-order valence-corrected chi connectivity index (χ4v) is 2.28. The summed E-state index contributed by atoms with van der Waals surface area (Å²) < 4.78 is 18.3. The maximum absolute atomic E-state index is 13.2. The molecule has 7 heteroatoms. The average molecular weight is 320 g/mol.